The highest BCUT2D eigenvalue weighted by Crippen LogP contribution is 2.18. The number of hydrogen-bond donors (Lipinski definition) is 3. The number of ether oxygens (including phenoxy) is 1. The molecule has 2 aromatic rings. The van der Waals surface area contributed by atoms with Gasteiger partial charge in [0.05, 0.1) is 12.2 Å². The first kappa shape index (κ1) is 23.3. The van der Waals surface area contributed by atoms with Crippen molar-refractivity contribution >= 4 is 34.8 Å². The van der Waals surface area contributed by atoms with E-state index in [2.05, 4.69) is 22.9 Å². The summed E-state index contributed by atoms with van der Waals surface area (Å²) in [5.41, 5.74) is 1.67. The molecule has 0 unspecified atom stereocenters. The third kappa shape index (κ3) is 7.48. The van der Waals surface area contributed by atoms with E-state index in [0.29, 0.717) is 35.7 Å². The molecule has 0 saturated carbocycles. The van der Waals surface area contributed by atoms with Gasteiger partial charge in [-0.25, -0.2) is 0 Å². The van der Waals surface area contributed by atoms with Crippen molar-refractivity contribution in [2.24, 2.45) is 0 Å². The van der Waals surface area contributed by atoms with E-state index in [1.165, 1.54) is 6.42 Å². The van der Waals surface area contributed by atoms with Crippen LogP contribution in [0.2, 0.25) is 0 Å². The lowest BCUT2D eigenvalue weighted by molar-refractivity contribution is 0.0952. The van der Waals surface area contributed by atoms with Crippen LogP contribution >= 0.6 is 12.2 Å². The summed E-state index contributed by atoms with van der Waals surface area (Å²) in [7, 11) is 0. The molecule has 0 bridgehead atoms. The standard InChI is InChI=1S/C23H29N3O3S/c1-3-5-6-9-16-29-20-11-8-7-10-19(20)22(28)26-23(30)25-18-14-12-17(13-15-18)21(27)24-4-2/h7-8,10-15H,3-6,9,16H2,1-2H3,(H,24,27)(H2,25,26,28,30). The molecular formula is C23H29N3O3S. The summed E-state index contributed by atoms with van der Waals surface area (Å²) in [4.78, 5) is 24.5. The average molecular weight is 428 g/mol. The number of para-hydroxylation sites is 1. The van der Waals surface area contributed by atoms with E-state index in [9.17, 15) is 9.59 Å². The number of carbonyl (C=O) groups excluding carboxylic acids is 2. The predicted octanol–water partition coefficient (Wildman–Crippen LogP) is 4.52. The SMILES string of the molecule is CCCCCCOc1ccccc1C(=O)NC(=S)Nc1ccc(C(=O)NCC)cc1. The van der Waals surface area contributed by atoms with E-state index in [0.717, 1.165) is 19.3 Å². The van der Waals surface area contributed by atoms with Crippen molar-refractivity contribution in [2.75, 3.05) is 18.5 Å². The van der Waals surface area contributed by atoms with Crippen molar-refractivity contribution in [3.8, 4) is 5.75 Å². The van der Waals surface area contributed by atoms with Gasteiger partial charge in [-0.05, 0) is 62.0 Å². The Balaban J connectivity index is 1.91. The van der Waals surface area contributed by atoms with Crippen molar-refractivity contribution in [1.29, 1.82) is 0 Å². The molecule has 0 saturated heterocycles. The molecule has 6 nitrogen and oxygen atoms in total. The molecule has 3 N–H and O–H groups in total. The number of amides is 2. The first-order valence-electron chi connectivity index (χ1n) is 10.3. The molecule has 0 aromatic heterocycles. The van der Waals surface area contributed by atoms with Gasteiger partial charge in [0.2, 0.25) is 0 Å². The van der Waals surface area contributed by atoms with Crippen LogP contribution < -0.4 is 20.7 Å². The number of benzene rings is 2. The zero-order valence-corrected chi connectivity index (χ0v) is 18.3. The minimum absolute atomic E-state index is 0.133. The maximum atomic E-state index is 12.6. The molecule has 0 aliphatic heterocycles. The van der Waals surface area contributed by atoms with Crippen molar-refractivity contribution in [2.45, 2.75) is 39.5 Å². The van der Waals surface area contributed by atoms with Crippen molar-refractivity contribution in [3.63, 3.8) is 0 Å². The Morgan fingerprint density at radius 2 is 1.67 bits per heavy atom. The average Bonchev–Trinajstić information content (AvgIpc) is 2.74. The zero-order chi connectivity index (χ0) is 21.8. The smallest absolute Gasteiger partial charge is 0.261 e. The summed E-state index contributed by atoms with van der Waals surface area (Å²) in [6.07, 6.45) is 4.40. The molecule has 0 fully saturated rings. The molecule has 2 amide bonds. The Labute approximate surface area is 183 Å². The van der Waals surface area contributed by atoms with Gasteiger partial charge in [-0.3, -0.25) is 14.9 Å². The van der Waals surface area contributed by atoms with E-state index in [-0.39, 0.29) is 16.9 Å². The molecule has 0 heterocycles. The highest BCUT2D eigenvalue weighted by atomic mass is 32.1. The third-order valence-electron chi connectivity index (χ3n) is 4.36. The van der Waals surface area contributed by atoms with Crippen LogP contribution in [-0.4, -0.2) is 30.1 Å². The van der Waals surface area contributed by atoms with Crippen LogP contribution in [0.5, 0.6) is 5.75 Å². The molecule has 0 aliphatic carbocycles. The molecule has 160 valence electrons. The number of carbonyl (C=O) groups is 2. The number of unbranched alkanes of at least 4 members (excludes halogenated alkanes) is 3. The van der Waals surface area contributed by atoms with Crippen LogP contribution in [0.25, 0.3) is 0 Å². The summed E-state index contributed by atoms with van der Waals surface area (Å²) in [5.74, 6) is 0.0717. The van der Waals surface area contributed by atoms with Crippen LogP contribution in [0.1, 0.15) is 60.2 Å². The van der Waals surface area contributed by atoms with Gasteiger partial charge in [0.25, 0.3) is 11.8 Å². The maximum Gasteiger partial charge on any atom is 0.261 e. The molecule has 0 atom stereocenters. The minimum atomic E-state index is -0.337. The van der Waals surface area contributed by atoms with Crippen LogP contribution in [0.15, 0.2) is 48.5 Å². The lowest BCUT2D eigenvalue weighted by atomic mass is 10.2. The fraction of sp³-hybridized carbons (Fsp3) is 0.348. The van der Waals surface area contributed by atoms with Crippen LogP contribution in [0.3, 0.4) is 0 Å². The highest BCUT2D eigenvalue weighted by Gasteiger charge is 2.14. The molecular weight excluding hydrogens is 398 g/mol. The van der Waals surface area contributed by atoms with Gasteiger partial charge in [-0.15, -0.1) is 0 Å². The van der Waals surface area contributed by atoms with Gasteiger partial charge in [0, 0.05) is 17.8 Å². The summed E-state index contributed by atoms with van der Waals surface area (Å²) in [6, 6.07) is 14.0. The van der Waals surface area contributed by atoms with Crippen LogP contribution in [-0.2, 0) is 0 Å². The second kappa shape index (κ2) is 12.6. The van der Waals surface area contributed by atoms with E-state index in [1.807, 2.05) is 13.0 Å². The number of anilines is 1. The second-order valence-electron chi connectivity index (χ2n) is 6.75. The van der Waals surface area contributed by atoms with E-state index < -0.39 is 0 Å². The van der Waals surface area contributed by atoms with E-state index >= 15 is 0 Å². The van der Waals surface area contributed by atoms with Gasteiger partial charge >= 0.3 is 0 Å². The second-order valence-corrected chi connectivity index (χ2v) is 7.16. The number of thiocarbonyl (C=S) groups is 1. The van der Waals surface area contributed by atoms with E-state index in [4.69, 9.17) is 17.0 Å². The molecule has 0 spiro atoms. The van der Waals surface area contributed by atoms with Gasteiger partial charge in [-0.1, -0.05) is 38.3 Å². The summed E-state index contributed by atoms with van der Waals surface area (Å²) in [5, 5.41) is 8.54. The number of rotatable bonds is 10. The zero-order valence-electron chi connectivity index (χ0n) is 17.5. The van der Waals surface area contributed by atoms with Crippen LogP contribution in [0, 0.1) is 0 Å². The lowest BCUT2D eigenvalue weighted by Gasteiger charge is -2.13. The Morgan fingerprint density at radius 3 is 2.37 bits per heavy atom. The summed E-state index contributed by atoms with van der Waals surface area (Å²) < 4.78 is 5.80. The first-order chi connectivity index (χ1) is 14.5. The van der Waals surface area contributed by atoms with Crippen molar-refractivity contribution < 1.29 is 14.3 Å². The minimum Gasteiger partial charge on any atom is -0.493 e. The Bertz CT molecular complexity index is 853. The molecule has 30 heavy (non-hydrogen) atoms. The van der Waals surface area contributed by atoms with Gasteiger partial charge < -0.3 is 15.4 Å². The predicted molar refractivity (Wildman–Crippen MR) is 124 cm³/mol. The summed E-state index contributed by atoms with van der Waals surface area (Å²) >= 11 is 5.25. The third-order valence-corrected chi connectivity index (χ3v) is 4.56. The monoisotopic (exact) mass is 427 g/mol. The van der Waals surface area contributed by atoms with E-state index in [1.54, 1.807) is 42.5 Å². The quantitative estimate of drug-likeness (QED) is 0.384. The topological polar surface area (TPSA) is 79.5 Å². The lowest BCUT2D eigenvalue weighted by Crippen LogP contribution is -2.34. The molecule has 2 rings (SSSR count). The largest absolute Gasteiger partial charge is 0.493 e. The molecule has 2 aromatic carbocycles. The van der Waals surface area contributed by atoms with Gasteiger partial charge in [0.1, 0.15) is 5.75 Å². The number of nitrogens with one attached hydrogen (secondary N) is 3. The normalized spacial score (nSPS) is 10.2. The fourth-order valence-corrected chi connectivity index (χ4v) is 3.00. The molecule has 7 heteroatoms. The maximum absolute atomic E-state index is 12.6. The Kier molecular flexibility index (Phi) is 9.80. The Morgan fingerprint density at radius 1 is 0.933 bits per heavy atom. The first-order valence-corrected chi connectivity index (χ1v) is 10.7. The Hall–Kier alpha value is -2.93. The van der Waals surface area contributed by atoms with Crippen molar-refractivity contribution in [1.82, 2.24) is 10.6 Å². The van der Waals surface area contributed by atoms with Gasteiger partial charge in [0.15, 0.2) is 5.11 Å². The van der Waals surface area contributed by atoms with Crippen molar-refractivity contribution in [3.05, 3.63) is 59.7 Å². The van der Waals surface area contributed by atoms with Gasteiger partial charge in [-0.2, -0.15) is 0 Å². The summed E-state index contributed by atoms with van der Waals surface area (Å²) in [6.45, 7) is 5.17. The highest BCUT2D eigenvalue weighted by molar-refractivity contribution is 7.80. The number of hydrogen-bond acceptors (Lipinski definition) is 4. The molecule has 0 radical (unpaired) electrons. The molecule has 0 aliphatic rings. The fourth-order valence-electron chi connectivity index (χ4n) is 2.79. The van der Waals surface area contributed by atoms with Crippen LogP contribution in [0.4, 0.5) is 5.69 Å².